The number of aromatic carboxylic acids is 2. The molecule has 10 nitrogen and oxygen atoms in total. The molecule has 0 bridgehead atoms. The Bertz CT molecular complexity index is 2370. The molecule has 0 saturated carbocycles. The molecular weight excluding hydrogens is 840 g/mol. The third-order valence-corrected chi connectivity index (χ3v) is 9.49. The van der Waals surface area contributed by atoms with Gasteiger partial charge in [-0.1, -0.05) is 51.1 Å². The number of halogens is 12. The Balaban J connectivity index is 2.04. The number of alkyl halides is 12. The predicted molar refractivity (Wildman–Crippen MR) is 184 cm³/mol. The number of aromatic hydroxyl groups is 2. The fourth-order valence-electron chi connectivity index (χ4n) is 6.71. The summed E-state index contributed by atoms with van der Waals surface area (Å²) < 4.78 is 181. The van der Waals surface area contributed by atoms with Gasteiger partial charge in [0, 0.05) is 0 Å². The Morgan fingerprint density at radius 2 is 0.850 bits per heavy atom. The maximum atomic E-state index is 15.1. The Morgan fingerprint density at radius 1 is 0.500 bits per heavy atom. The third-order valence-electron chi connectivity index (χ3n) is 9.49. The smallest absolute Gasteiger partial charge is 0.411 e. The lowest BCUT2D eigenvalue weighted by molar-refractivity contribution is -0.290. The average molecular weight is 869 g/mol. The number of phenols is 2. The first-order valence-corrected chi connectivity index (χ1v) is 16.5. The summed E-state index contributed by atoms with van der Waals surface area (Å²) in [5, 5.41) is 41.4. The molecule has 0 spiro atoms. The number of phenolic OH excluding ortho intramolecular Hbond substituents is 2. The standard InChI is InChI=1S/C38H28F12N2O8/c1-32(2,3)24-14-18(6-10-26(24)53)34(37(45,46)47,38(48,49)50)19-7-11-27(54)25(15-19)52-29(56)23-13-17(5-9-21(23)31(59)60)33(35(39,40)41,36(42,43)44)16-4-8-20(30(57)58)22(12-16)28(51)55/h4-15,53-54H,1-3H3,(H2,51,55)(H,52,56)(H,57,58)(H,59,60). The molecule has 0 aromatic heterocycles. The first-order chi connectivity index (χ1) is 27.2. The summed E-state index contributed by atoms with van der Waals surface area (Å²) in [6.07, 6.45) is -25.7. The number of rotatable bonds is 9. The number of nitrogens with two attached hydrogens (primary N) is 1. The van der Waals surface area contributed by atoms with E-state index >= 15 is 52.7 Å². The minimum absolute atomic E-state index is 0.0113. The van der Waals surface area contributed by atoms with Gasteiger partial charge in [-0.2, -0.15) is 52.7 Å². The maximum Gasteiger partial charge on any atom is 0.411 e. The van der Waals surface area contributed by atoms with Gasteiger partial charge in [0.15, 0.2) is 0 Å². The van der Waals surface area contributed by atoms with E-state index in [2.05, 4.69) is 0 Å². The second-order valence-corrected chi connectivity index (χ2v) is 14.2. The number of amides is 2. The molecule has 60 heavy (non-hydrogen) atoms. The molecule has 22 heteroatoms. The minimum Gasteiger partial charge on any atom is -0.508 e. The van der Waals surface area contributed by atoms with Gasteiger partial charge in [0.05, 0.1) is 27.9 Å². The SMILES string of the molecule is CC(C)(C)c1cc(C(c2ccc(O)c(NC(=O)c3cc(C(c4ccc(C(=O)O)c(C(N)=O)c4)(C(F)(F)F)C(F)(F)F)ccc3C(=O)O)c2)(C(F)(F)F)C(F)(F)F)ccc1O. The number of anilines is 1. The summed E-state index contributed by atoms with van der Waals surface area (Å²) in [6, 6.07) is 1.41. The highest BCUT2D eigenvalue weighted by Crippen LogP contribution is 2.59. The minimum atomic E-state index is -6.53. The quantitative estimate of drug-likeness (QED) is 0.0711. The fraction of sp³-hybridized carbons (Fsp3) is 0.263. The number of hydrogen-bond acceptors (Lipinski definition) is 6. The van der Waals surface area contributed by atoms with Crippen LogP contribution in [0.1, 0.15) is 90.0 Å². The number of primary amides is 1. The molecule has 0 fully saturated rings. The molecule has 4 aromatic rings. The van der Waals surface area contributed by atoms with Gasteiger partial charge >= 0.3 is 36.6 Å². The van der Waals surface area contributed by atoms with Crippen LogP contribution in [-0.2, 0) is 16.2 Å². The van der Waals surface area contributed by atoms with Crippen LogP contribution in [0, 0.1) is 0 Å². The Kier molecular flexibility index (Phi) is 11.5. The Hall–Kier alpha value is -6.48. The van der Waals surface area contributed by atoms with Crippen molar-refractivity contribution in [3.05, 3.63) is 123 Å². The van der Waals surface area contributed by atoms with Crippen molar-refractivity contribution in [3.8, 4) is 11.5 Å². The fourth-order valence-corrected chi connectivity index (χ4v) is 6.71. The molecule has 4 aromatic carbocycles. The van der Waals surface area contributed by atoms with Gasteiger partial charge in [0.2, 0.25) is 16.7 Å². The largest absolute Gasteiger partial charge is 0.508 e. The zero-order chi connectivity index (χ0) is 45.9. The summed E-state index contributed by atoms with van der Waals surface area (Å²) in [7, 11) is 0. The van der Waals surface area contributed by atoms with Crippen molar-refractivity contribution in [2.45, 2.75) is 61.7 Å². The van der Waals surface area contributed by atoms with E-state index in [1.165, 1.54) is 20.8 Å². The highest BCUT2D eigenvalue weighted by atomic mass is 19.4. The molecule has 0 radical (unpaired) electrons. The zero-order valence-corrected chi connectivity index (χ0v) is 30.5. The van der Waals surface area contributed by atoms with Gasteiger partial charge in [0.25, 0.3) is 5.91 Å². The zero-order valence-electron chi connectivity index (χ0n) is 30.5. The number of benzene rings is 4. The Morgan fingerprint density at radius 3 is 1.23 bits per heavy atom. The van der Waals surface area contributed by atoms with Gasteiger partial charge in [-0.05, 0) is 75.7 Å². The molecule has 0 saturated heterocycles. The second kappa shape index (κ2) is 15.0. The van der Waals surface area contributed by atoms with Crippen LogP contribution in [0.25, 0.3) is 0 Å². The van der Waals surface area contributed by atoms with Crippen LogP contribution in [0.2, 0.25) is 0 Å². The maximum absolute atomic E-state index is 15.1. The second-order valence-electron chi connectivity index (χ2n) is 14.2. The molecule has 4 rings (SSSR count). The molecule has 0 unspecified atom stereocenters. The van der Waals surface area contributed by atoms with Crippen molar-refractivity contribution in [3.63, 3.8) is 0 Å². The molecule has 0 aliphatic carbocycles. The van der Waals surface area contributed by atoms with Gasteiger partial charge in [0.1, 0.15) is 11.5 Å². The third kappa shape index (κ3) is 7.60. The first kappa shape index (κ1) is 46.2. The van der Waals surface area contributed by atoms with Crippen molar-refractivity contribution in [1.82, 2.24) is 0 Å². The lowest BCUT2D eigenvalue weighted by atomic mass is 9.71. The number of carboxylic acid groups (broad SMARTS) is 2. The number of carbonyl (C=O) groups is 4. The molecule has 7 N–H and O–H groups in total. The highest BCUT2D eigenvalue weighted by Gasteiger charge is 2.74. The van der Waals surface area contributed by atoms with Crippen LogP contribution < -0.4 is 11.1 Å². The lowest BCUT2D eigenvalue weighted by Gasteiger charge is -2.39. The molecule has 0 aliphatic heterocycles. The number of carboxylic acids is 2. The van der Waals surface area contributed by atoms with Crippen LogP contribution in [0.15, 0.2) is 72.8 Å². The van der Waals surface area contributed by atoms with E-state index in [1.807, 2.05) is 0 Å². The first-order valence-electron chi connectivity index (χ1n) is 16.5. The summed E-state index contributed by atoms with van der Waals surface area (Å²) in [5.41, 5.74) is -21.0. The molecule has 0 aliphatic rings. The van der Waals surface area contributed by atoms with Gasteiger partial charge in [-0.3, -0.25) is 9.59 Å². The molecule has 0 heterocycles. The summed E-state index contributed by atoms with van der Waals surface area (Å²) in [5.74, 6) is -10.1. The lowest BCUT2D eigenvalue weighted by Crippen LogP contribution is -2.55. The Labute approximate surface area is 328 Å². The van der Waals surface area contributed by atoms with Crippen LogP contribution in [0.4, 0.5) is 58.4 Å². The highest BCUT2D eigenvalue weighted by molar-refractivity contribution is 6.11. The van der Waals surface area contributed by atoms with E-state index in [1.54, 1.807) is 5.32 Å². The van der Waals surface area contributed by atoms with Crippen molar-refractivity contribution >= 4 is 29.4 Å². The van der Waals surface area contributed by atoms with Crippen molar-refractivity contribution in [2.24, 2.45) is 5.73 Å². The summed E-state index contributed by atoms with van der Waals surface area (Å²) in [6.45, 7) is 4.05. The molecule has 322 valence electrons. The van der Waals surface area contributed by atoms with Crippen LogP contribution in [-0.4, -0.2) is 68.9 Å². The van der Waals surface area contributed by atoms with E-state index < -0.39 is 126 Å². The van der Waals surface area contributed by atoms with Crippen molar-refractivity contribution in [2.75, 3.05) is 5.32 Å². The van der Waals surface area contributed by atoms with Gasteiger partial charge in [-0.25, -0.2) is 9.59 Å². The predicted octanol–water partition coefficient (Wildman–Crippen LogP) is 8.96. The topological polar surface area (TPSA) is 187 Å². The summed E-state index contributed by atoms with van der Waals surface area (Å²) in [4.78, 5) is 49.3. The summed E-state index contributed by atoms with van der Waals surface area (Å²) >= 11 is 0. The van der Waals surface area contributed by atoms with E-state index in [-0.39, 0.29) is 60.2 Å². The van der Waals surface area contributed by atoms with Crippen molar-refractivity contribution < 1.29 is 92.3 Å². The van der Waals surface area contributed by atoms with Crippen LogP contribution in [0.5, 0.6) is 11.5 Å². The van der Waals surface area contributed by atoms with Gasteiger partial charge < -0.3 is 31.5 Å². The molecular formula is C38H28F12N2O8. The number of carbonyl (C=O) groups excluding carboxylic acids is 2. The normalized spacial score (nSPS) is 13.2. The van der Waals surface area contributed by atoms with E-state index in [9.17, 15) is 39.6 Å². The van der Waals surface area contributed by atoms with Crippen LogP contribution >= 0.6 is 0 Å². The number of hydrogen-bond donors (Lipinski definition) is 6. The molecule has 0 atom stereocenters. The van der Waals surface area contributed by atoms with Crippen LogP contribution in [0.3, 0.4) is 0 Å². The van der Waals surface area contributed by atoms with Gasteiger partial charge in [-0.15, -0.1) is 0 Å². The average Bonchev–Trinajstić information content (AvgIpc) is 3.07. The van der Waals surface area contributed by atoms with E-state index in [4.69, 9.17) is 5.73 Å². The monoisotopic (exact) mass is 868 g/mol. The van der Waals surface area contributed by atoms with E-state index in [0.717, 1.165) is 0 Å². The van der Waals surface area contributed by atoms with E-state index in [0.29, 0.717) is 18.2 Å². The molecule has 2 amide bonds. The number of nitrogens with one attached hydrogen (secondary N) is 1. The van der Waals surface area contributed by atoms with Crippen molar-refractivity contribution in [1.29, 1.82) is 0 Å².